The van der Waals surface area contributed by atoms with Gasteiger partial charge in [-0.2, -0.15) is 5.26 Å². The van der Waals surface area contributed by atoms with Crippen LogP contribution in [0.2, 0.25) is 0 Å². The number of ether oxygens (including phenoxy) is 2. The summed E-state index contributed by atoms with van der Waals surface area (Å²) in [5.74, 6) is 1.59. The molecular formula is C21H21N3O3. The highest BCUT2D eigenvalue weighted by molar-refractivity contribution is 5.81. The highest BCUT2D eigenvalue weighted by Gasteiger charge is 2.30. The number of nitrogens with zero attached hydrogens (tertiary/aromatic N) is 2. The van der Waals surface area contributed by atoms with Crippen molar-refractivity contribution in [3.8, 4) is 17.6 Å². The fourth-order valence-electron chi connectivity index (χ4n) is 3.62. The van der Waals surface area contributed by atoms with Gasteiger partial charge < -0.3 is 19.7 Å². The van der Waals surface area contributed by atoms with Crippen LogP contribution >= 0.6 is 0 Å². The van der Waals surface area contributed by atoms with Crippen LogP contribution in [0.15, 0.2) is 42.5 Å². The maximum atomic E-state index is 12.8. The predicted octanol–water partition coefficient (Wildman–Crippen LogP) is 3.11. The Hall–Kier alpha value is -3.20. The Labute approximate surface area is 158 Å². The molecule has 2 aromatic carbocycles. The largest absolute Gasteiger partial charge is 0.486 e. The van der Waals surface area contributed by atoms with E-state index in [1.807, 2.05) is 35.2 Å². The molecule has 1 N–H and O–H groups in total. The topological polar surface area (TPSA) is 74.6 Å². The SMILES string of the molecule is N#Cc1ccc(NCC(=O)N2CCC[C@H]2c2ccc3c(c2)OCCO3)cc1. The van der Waals surface area contributed by atoms with Crippen LogP contribution in [0.5, 0.6) is 11.5 Å². The van der Waals surface area contributed by atoms with Gasteiger partial charge in [0.15, 0.2) is 11.5 Å². The highest BCUT2D eigenvalue weighted by Crippen LogP contribution is 2.38. The molecule has 1 saturated heterocycles. The molecule has 6 heteroatoms. The third-order valence-corrected chi connectivity index (χ3v) is 4.98. The lowest BCUT2D eigenvalue weighted by Gasteiger charge is -2.27. The zero-order chi connectivity index (χ0) is 18.6. The van der Waals surface area contributed by atoms with Crippen molar-refractivity contribution in [3.63, 3.8) is 0 Å². The number of hydrogen-bond acceptors (Lipinski definition) is 5. The van der Waals surface area contributed by atoms with E-state index in [1.54, 1.807) is 12.1 Å². The monoisotopic (exact) mass is 363 g/mol. The standard InChI is InChI=1S/C21H21N3O3/c22-13-15-3-6-17(7-4-15)23-14-21(25)24-9-1-2-18(24)16-5-8-19-20(12-16)27-11-10-26-19/h3-8,12,18,23H,1-2,9-11,14H2/t18-/m0/s1. The lowest BCUT2D eigenvalue weighted by Crippen LogP contribution is -2.35. The van der Waals surface area contributed by atoms with Crippen molar-refractivity contribution in [2.24, 2.45) is 0 Å². The van der Waals surface area contributed by atoms with E-state index < -0.39 is 0 Å². The van der Waals surface area contributed by atoms with Crippen molar-refractivity contribution in [3.05, 3.63) is 53.6 Å². The predicted molar refractivity (Wildman–Crippen MR) is 101 cm³/mol. The second kappa shape index (κ2) is 7.58. The maximum Gasteiger partial charge on any atom is 0.242 e. The Morgan fingerprint density at radius 2 is 1.93 bits per heavy atom. The van der Waals surface area contributed by atoms with Gasteiger partial charge in [0, 0.05) is 12.2 Å². The molecule has 0 spiro atoms. The molecule has 2 aliphatic heterocycles. The maximum absolute atomic E-state index is 12.8. The van der Waals surface area contributed by atoms with Crippen LogP contribution in [0.25, 0.3) is 0 Å². The lowest BCUT2D eigenvalue weighted by atomic mass is 10.0. The summed E-state index contributed by atoms with van der Waals surface area (Å²) in [5.41, 5.74) is 2.52. The zero-order valence-electron chi connectivity index (χ0n) is 15.0. The van der Waals surface area contributed by atoms with E-state index in [2.05, 4.69) is 11.4 Å². The number of likely N-dealkylation sites (tertiary alicyclic amines) is 1. The summed E-state index contributed by atoms with van der Waals surface area (Å²) in [6.07, 6.45) is 1.93. The number of benzene rings is 2. The fourth-order valence-corrected chi connectivity index (χ4v) is 3.62. The number of fused-ring (bicyclic) bond motifs is 1. The van der Waals surface area contributed by atoms with Crippen LogP contribution in [-0.4, -0.2) is 37.1 Å². The minimum Gasteiger partial charge on any atom is -0.486 e. The first-order chi connectivity index (χ1) is 13.2. The zero-order valence-corrected chi connectivity index (χ0v) is 15.0. The van der Waals surface area contributed by atoms with Crippen LogP contribution in [0.1, 0.15) is 30.0 Å². The van der Waals surface area contributed by atoms with Crippen molar-refractivity contribution in [1.82, 2.24) is 4.90 Å². The van der Waals surface area contributed by atoms with E-state index in [0.29, 0.717) is 18.8 Å². The van der Waals surface area contributed by atoms with Crippen LogP contribution in [-0.2, 0) is 4.79 Å². The van der Waals surface area contributed by atoms with E-state index in [9.17, 15) is 4.79 Å². The number of hydrogen-bond donors (Lipinski definition) is 1. The fraction of sp³-hybridized carbons (Fsp3) is 0.333. The molecular weight excluding hydrogens is 342 g/mol. The Morgan fingerprint density at radius 1 is 1.15 bits per heavy atom. The molecule has 6 nitrogen and oxygen atoms in total. The van der Waals surface area contributed by atoms with Crippen molar-refractivity contribution in [2.75, 3.05) is 31.6 Å². The Bertz CT molecular complexity index is 873. The second-order valence-electron chi connectivity index (χ2n) is 6.69. The molecule has 0 unspecified atom stereocenters. The van der Waals surface area contributed by atoms with Gasteiger partial charge in [-0.25, -0.2) is 0 Å². The van der Waals surface area contributed by atoms with Gasteiger partial charge in [-0.15, -0.1) is 0 Å². The highest BCUT2D eigenvalue weighted by atomic mass is 16.6. The minimum atomic E-state index is 0.0658. The van der Waals surface area contributed by atoms with E-state index in [1.165, 1.54) is 0 Å². The number of anilines is 1. The van der Waals surface area contributed by atoms with Crippen LogP contribution in [0.3, 0.4) is 0 Å². The summed E-state index contributed by atoms with van der Waals surface area (Å²) in [4.78, 5) is 14.7. The van der Waals surface area contributed by atoms with Crippen molar-refractivity contribution >= 4 is 11.6 Å². The summed E-state index contributed by atoms with van der Waals surface area (Å²) in [5, 5.41) is 12.0. The van der Waals surface area contributed by atoms with Gasteiger partial charge in [-0.3, -0.25) is 4.79 Å². The van der Waals surface area contributed by atoms with E-state index >= 15 is 0 Å². The van der Waals surface area contributed by atoms with Gasteiger partial charge in [-0.1, -0.05) is 6.07 Å². The van der Waals surface area contributed by atoms with Crippen molar-refractivity contribution in [2.45, 2.75) is 18.9 Å². The van der Waals surface area contributed by atoms with Gasteiger partial charge in [0.05, 0.1) is 24.2 Å². The van der Waals surface area contributed by atoms with Crippen molar-refractivity contribution < 1.29 is 14.3 Å². The molecule has 0 aliphatic carbocycles. The van der Waals surface area contributed by atoms with E-state index in [0.717, 1.165) is 42.1 Å². The number of nitrogens with one attached hydrogen (secondary N) is 1. The van der Waals surface area contributed by atoms with E-state index in [-0.39, 0.29) is 18.5 Å². The quantitative estimate of drug-likeness (QED) is 0.903. The smallest absolute Gasteiger partial charge is 0.242 e. The number of amides is 1. The summed E-state index contributed by atoms with van der Waals surface area (Å²) < 4.78 is 11.3. The number of carbonyl (C=O) groups is 1. The molecule has 1 amide bonds. The van der Waals surface area contributed by atoms with E-state index in [4.69, 9.17) is 14.7 Å². The molecule has 1 atom stereocenters. The van der Waals surface area contributed by atoms with Gasteiger partial charge in [0.25, 0.3) is 0 Å². The summed E-state index contributed by atoms with van der Waals surface area (Å²) >= 11 is 0. The molecule has 1 fully saturated rings. The van der Waals surface area contributed by atoms with Gasteiger partial charge in [-0.05, 0) is 54.8 Å². The Kier molecular flexibility index (Phi) is 4.84. The second-order valence-corrected chi connectivity index (χ2v) is 6.69. The minimum absolute atomic E-state index is 0.0658. The van der Waals surface area contributed by atoms with Gasteiger partial charge in [0.1, 0.15) is 13.2 Å². The van der Waals surface area contributed by atoms with Gasteiger partial charge in [0.2, 0.25) is 5.91 Å². The number of nitriles is 1. The van der Waals surface area contributed by atoms with Crippen molar-refractivity contribution in [1.29, 1.82) is 5.26 Å². The molecule has 0 radical (unpaired) electrons. The summed E-state index contributed by atoms with van der Waals surface area (Å²) in [6, 6.07) is 15.2. The molecule has 4 rings (SSSR count). The molecule has 0 aromatic heterocycles. The molecule has 0 saturated carbocycles. The molecule has 2 aromatic rings. The first kappa shape index (κ1) is 17.2. The summed E-state index contributed by atoms with van der Waals surface area (Å²) in [7, 11) is 0. The number of carbonyl (C=O) groups excluding carboxylic acids is 1. The summed E-state index contributed by atoms with van der Waals surface area (Å²) in [6.45, 7) is 2.11. The molecule has 2 aliphatic rings. The average Bonchev–Trinajstić information content (AvgIpc) is 3.22. The van der Waals surface area contributed by atoms with Crippen LogP contribution in [0, 0.1) is 11.3 Å². The number of rotatable bonds is 4. The average molecular weight is 363 g/mol. The lowest BCUT2D eigenvalue weighted by molar-refractivity contribution is -0.130. The van der Waals surface area contributed by atoms with Gasteiger partial charge >= 0.3 is 0 Å². The third-order valence-electron chi connectivity index (χ3n) is 4.98. The van der Waals surface area contributed by atoms with Crippen LogP contribution in [0.4, 0.5) is 5.69 Å². The molecule has 138 valence electrons. The molecule has 2 heterocycles. The normalized spacial score (nSPS) is 18.0. The van der Waals surface area contributed by atoms with Crippen LogP contribution < -0.4 is 14.8 Å². The Balaban J connectivity index is 1.43. The third kappa shape index (κ3) is 3.68. The molecule has 0 bridgehead atoms. The Morgan fingerprint density at radius 3 is 2.70 bits per heavy atom. The first-order valence-corrected chi connectivity index (χ1v) is 9.17. The first-order valence-electron chi connectivity index (χ1n) is 9.17. The molecule has 27 heavy (non-hydrogen) atoms.